The summed E-state index contributed by atoms with van der Waals surface area (Å²) in [5.41, 5.74) is 1.89. The second-order valence-electron chi connectivity index (χ2n) is 5.37. The van der Waals surface area contributed by atoms with Crippen molar-refractivity contribution in [1.29, 1.82) is 0 Å². The molecule has 0 radical (unpaired) electrons. The maximum atomic E-state index is 12.4. The Morgan fingerprint density at radius 3 is 2.29 bits per heavy atom. The lowest BCUT2D eigenvalue weighted by Crippen LogP contribution is -2.24. The highest BCUT2D eigenvalue weighted by Crippen LogP contribution is 2.23. The Labute approximate surface area is 147 Å². The highest BCUT2D eigenvalue weighted by Gasteiger charge is 2.22. The maximum absolute atomic E-state index is 12.4. The Bertz CT molecular complexity index is 816. The lowest BCUT2D eigenvalue weighted by Gasteiger charge is -2.15. The van der Waals surface area contributed by atoms with Crippen LogP contribution in [-0.4, -0.2) is 39.0 Å². The van der Waals surface area contributed by atoms with Gasteiger partial charge in [0, 0.05) is 25.4 Å². The smallest absolute Gasteiger partial charge is 0.255 e. The number of carbonyl (C=O) groups excluding carboxylic acids is 1. The number of nitrogens with one attached hydrogen (secondary N) is 1. The molecule has 0 spiro atoms. The Morgan fingerprint density at radius 2 is 1.71 bits per heavy atom. The quantitative estimate of drug-likeness (QED) is 0.855. The molecule has 0 saturated carbocycles. The minimum absolute atomic E-state index is 0.0716. The predicted octanol–water partition coefficient (Wildman–Crippen LogP) is 3.05. The van der Waals surface area contributed by atoms with E-state index >= 15 is 0 Å². The number of sulfonamides is 1. The number of hydrogen-bond donors (Lipinski definition) is 1. The average Bonchev–Trinajstić information content (AvgIpc) is 2.56. The fourth-order valence-electron chi connectivity index (χ4n) is 2.11. The van der Waals surface area contributed by atoms with E-state index in [0.717, 1.165) is 15.6 Å². The van der Waals surface area contributed by atoms with Crippen LogP contribution in [0.5, 0.6) is 0 Å². The summed E-state index contributed by atoms with van der Waals surface area (Å²) in [6, 6.07) is 13.6. The van der Waals surface area contributed by atoms with Crippen molar-refractivity contribution < 1.29 is 13.2 Å². The van der Waals surface area contributed by atoms with Crippen LogP contribution in [0.3, 0.4) is 0 Å². The van der Waals surface area contributed by atoms with Gasteiger partial charge in [-0.15, -0.1) is 0 Å². The first-order valence-electron chi connectivity index (χ1n) is 7.27. The maximum Gasteiger partial charge on any atom is 0.255 e. The number of thioether (sulfide) groups is 1. The van der Waals surface area contributed by atoms with Crippen molar-refractivity contribution in [2.75, 3.05) is 25.7 Å². The summed E-state index contributed by atoms with van der Waals surface area (Å²) >= 11 is 1.71. The van der Waals surface area contributed by atoms with Crippen LogP contribution < -0.4 is 5.32 Å². The molecular formula is C17H20N2O3S2. The van der Waals surface area contributed by atoms with Gasteiger partial charge in [-0.2, -0.15) is 11.8 Å². The summed E-state index contributed by atoms with van der Waals surface area (Å²) in [4.78, 5) is 12.5. The van der Waals surface area contributed by atoms with Crippen molar-refractivity contribution in [1.82, 2.24) is 4.31 Å². The topological polar surface area (TPSA) is 66.5 Å². The van der Waals surface area contributed by atoms with Crippen molar-refractivity contribution >= 4 is 33.4 Å². The summed E-state index contributed by atoms with van der Waals surface area (Å²) in [7, 11) is -0.720. The Morgan fingerprint density at radius 1 is 1.08 bits per heavy atom. The summed E-state index contributed by atoms with van der Waals surface area (Å²) in [6.45, 7) is 0. The molecule has 2 aromatic carbocycles. The first-order valence-corrected chi connectivity index (χ1v) is 10.1. The Balaban J connectivity index is 2.27. The summed E-state index contributed by atoms with van der Waals surface area (Å²) in [5, 5.41) is 2.69. The molecule has 0 saturated heterocycles. The minimum Gasteiger partial charge on any atom is -0.321 e. The number of benzene rings is 2. The Hall–Kier alpha value is -1.83. The average molecular weight is 364 g/mol. The standard InChI is InChI=1S/C17H20N2O3S2/c1-19(2)24(21,22)16-7-5-4-6-15(16)18-17(20)14-10-8-13(9-11-14)12-23-3/h4-11H,12H2,1-3H3,(H,18,20). The van der Waals surface area contributed by atoms with E-state index in [2.05, 4.69) is 5.32 Å². The number of rotatable bonds is 6. The van der Waals surface area contributed by atoms with Gasteiger partial charge in [0.2, 0.25) is 10.0 Å². The first kappa shape index (κ1) is 18.5. The fraction of sp³-hybridized carbons (Fsp3) is 0.235. The number of para-hydroxylation sites is 1. The van der Waals surface area contributed by atoms with Gasteiger partial charge in [-0.3, -0.25) is 4.79 Å². The van der Waals surface area contributed by atoms with Crippen LogP contribution in [0.15, 0.2) is 53.4 Å². The molecule has 0 aliphatic rings. The van der Waals surface area contributed by atoms with Gasteiger partial charge >= 0.3 is 0 Å². The summed E-state index contributed by atoms with van der Waals surface area (Å²) < 4.78 is 25.8. The van der Waals surface area contributed by atoms with E-state index in [-0.39, 0.29) is 16.5 Å². The van der Waals surface area contributed by atoms with Crippen molar-refractivity contribution in [2.24, 2.45) is 0 Å². The molecule has 0 heterocycles. The van der Waals surface area contributed by atoms with Crippen LogP contribution in [0.2, 0.25) is 0 Å². The lowest BCUT2D eigenvalue weighted by atomic mass is 10.1. The highest BCUT2D eigenvalue weighted by atomic mass is 32.2. The van der Waals surface area contributed by atoms with Gasteiger partial charge in [0.25, 0.3) is 5.91 Å². The zero-order chi connectivity index (χ0) is 17.7. The van der Waals surface area contributed by atoms with E-state index in [1.54, 1.807) is 42.1 Å². The fourth-order valence-corrected chi connectivity index (χ4v) is 3.67. The second kappa shape index (κ2) is 7.83. The third-order valence-electron chi connectivity index (χ3n) is 3.42. The van der Waals surface area contributed by atoms with E-state index in [1.165, 1.54) is 20.2 Å². The number of amides is 1. The highest BCUT2D eigenvalue weighted by molar-refractivity contribution is 7.97. The lowest BCUT2D eigenvalue weighted by molar-refractivity contribution is 0.102. The van der Waals surface area contributed by atoms with Crippen molar-refractivity contribution in [3.8, 4) is 0 Å². The molecule has 0 aliphatic carbocycles. The predicted molar refractivity (Wildman–Crippen MR) is 98.9 cm³/mol. The van der Waals surface area contributed by atoms with Crippen LogP contribution in [0.4, 0.5) is 5.69 Å². The van der Waals surface area contributed by atoms with E-state index in [0.29, 0.717) is 5.56 Å². The molecule has 0 unspecified atom stereocenters. The van der Waals surface area contributed by atoms with Crippen molar-refractivity contribution in [3.05, 3.63) is 59.7 Å². The number of hydrogen-bond acceptors (Lipinski definition) is 4. The molecule has 5 nitrogen and oxygen atoms in total. The number of carbonyl (C=O) groups is 1. The van der Waals surface area contributed by atoms with Crippen LogP contribution in [-0.2, 0) is 15.8 Å². The molecule has 1 N–H and O–H groups in total. The van der Waals surface area contributed by atoms with E-state index in [4.69, 9.17) is 0 Å². The summed E-state index contributed by atoms with van der Waals surface area (Å²) in [6.07, 6.45) is 2.02. The molecule has 0 aromatic heterocycles. The van der Waals surface area contributed by atoms with Gasteiger partial charge < -0.3 is 5.32 Å². The van der Waals surface area contributed by atoms with Crippen LogP contribution in [0.1, 0.15) is 15.9 Å². The van der Waals surface area contributed by atoms with Crippen molar-refractivity contribution in [3.63, 3.8) is 0 Å². The molecule has 24 heavy (non-hydrogen) atoms. The van der Waals surface area contributed by atoms with E-state index in [9.17, 15) is 13.2 Å². The molecular weight excluding hydrogens is 344 g/mol. The van der Waals surface area contributed by atoms with Crippen LogP contribution in [0, 0.1) is 0 Å². The normalized spacial score (nSPS) is 11.5. The van der Waals surface area contributed by atoms with Crippen LogP contribution >= 0.6 is 11.8 Å². The molecule has 0 bridgehead atoms. The molecule has 0 atom stereocenters. The monoisotopic (exact) mass is 364 g/mol. The number of anilines is 1. The molecule has 0 aliphatic heterocycles. The zero-order valence-corrected chi connectivity index (χ0v) is 15.4. The zero-order valence-electron chi connectivity index (χ0n) is 13.8. The molecule has 2 aromatic rings. The van der Waals surface area contributed by atoms with Gasteiger partial charge in [0.1, 0.15) is 4.90 Å². The van der Waals surface area contributed by atoms with Gasteiger partial charge in [0.05, 0.1) is 5.69 Å². The van der Waals surface area contributed by atoms with Gasteiger partial charge in [-0.1, -0.05) is 24.3 Å². The molecule has 0 fully saturated rings. The third kappa shape index (κ3) is 4.17. The van der Waals surface area contributed by atoms with Crippen LogP contribution in [0.25, 0.3) is 0 Å². The molecule has 1 amide bonds. The number of nitrogens with zero attached hydrogens (tertiary/aromatic N) is 1. The van der Waals surface area contributed by atoms with E-state index in [1.807, 2.05) is 18.4 Å². The third-order valence-corrected chi connectivity index (χ3v) is 5.92. The van der Waals surface area contributed by atoms with Gasteiger partial charge in [-0.25, -0.2) is 12.7 Å². The van der Waals surface area contributed by atoms with Gasteiger partial charge in [0.15, 0.2) is 0 Å². The molecule has 128 valence electrons. The SMILES string of the molecule is CSCc1ccc(C(=O)Nc2ccccc2S(=O)(=O)N(C)C)cc1. The first-order chi connectivity index (χ1) is 11.4. The largest absolute Gasteiger partial charge is 0.321 e. The van der Waals surface area contributed by atoms with E-state index < -0.39 is 10.0 Å². The molecule has 2 rings (SSSR count). The minimum atomic E-state index is -3.63. The van der Waals surface area contributed by atoms with Gasteiger partial charge in [-0.05, 0) is 36.1 Å². The second-order valence-corrected chi connectivity index (χ2v) is 8.35. The van der Waals surface area contributed by atoms with Crippen molar-refractivity contribution in [2.45, 2.75) is 10.6 Å². The summed E-state index contributed by atoms with van der Waals surface area (Å²) in [5.74, 6) is 0.540. The Kier molecular flexibility index (Phi) is 6.04. The molecule has 7 heteroatoms.